The SMILES string of the molecule is CC1CN(C(=O)C(C)(C)C)CCCN1. The number of carbonyl (C=O) groups excluding carboxylic acids is 1. The second kappa shape index (κ2) is 4.30. The molecule has 0 bridgehead atoms. The summed E-state index contributed by atoms with van der Waals surface area (Å²) in [5.74, 6) is 0.271. The van der Waals surface area contributed by atoms with E-state index in [1.165, 1.54) is 0 Å². The van der Waals surface area contributed by atoms with Crippen LogP contribution in [0.2, 0.25) is 0 Å². The summed E-state index contributed by atoms with van der Waals surface area (Å²) < 4.78 is 0. The highest BCUT2D eigenvalue weighted by molar-refractivity contribution is 5.81. The van der Waals surface area contributed by atoms with E-state index >= 15 is 0 Å². The Kier molecular flexibility index (Phi) is 3.53. The molecular formula is C11H22N2O. The van der Waals surface area contributed by atoms with E-state index in [0.29, 0.717) is 6.04 Å². The third-order valence-electron chi connectivity index (χ3n) is 2.52. The fourth-order valence-corrected chi connectivity index (χ4v) is 1.76. The maximum atomic E-state index is 12.0. The van der Waals surface area contributed by atoms with Gasteiger partial charge in [-0.1, -0.05) is 20.8 Å². The van der Waals surface area contributed by atoms with Gasteiger partial charge in [-0.15, -0.1) is 0 Å². The molecule has 1 atom stereocenters. The predicted octanol–water partition coefficient (Wildman–Crippen LogP) is 1.24. The number of hydrogen-bond donors (Lipinski definition) is 1. The van der Waals surface area contributed by atoms with Crippen LogP contribution in [0.4, 0.5) is 0 Å². The van der Waals surface area contributed by atoms with Gasteiger partial charge in [0.2, 0.25) is 5.91 Å². The zero-order valence-corrected chi connectivity index (χ0v) is 9.76. The molecule has 1 aliphatic heterocycles. The van der Waals surface area contributed by atoms with Crippen molar-refractivity contribution in [2.75, 3.05) is 19.6 Å². The Morgan fingerprint density at radius 3 is 2.64 bits per heavy atom. The van der Waals surface area contributed by atoms with Crippen LogP contribution in [0, 0.1) is 5.41 Å². The summed E-state index contributed by atoms with van der Waals surface area (Å²) in [6, 6.07) is 0.420. The maximum absolute atomic E-state index is 12.0. The van der Waals surface area contributed by atoms with Gasteiger partial charge in [-0.25, -0.2) is 0 Å². The Balaban J connectivity index is 2.62. The van der Waals surface area contributed by atoms with Crippen LogP contribution >= 0.6 is 0 Å². The van der Waals surface area contributed by atoms with E-state index in [1.807, 2.05) is 25.7 Å². The smallest absolute Gasteiger partial charge is 0.228 e. The Labute approximate surface area is 86.9 Å². The second-order valence-corrected chi connectivity index (χ2v) is 5.21. The summed E-state index contributed by atoms with van der Waals surface area (Å²) in [5, 5.41) is 3.39. The number of rotatable bonds is 0. The lowest BCUT2D eigenvalue weighted by molar-refractivity contribution is -0.139. The van der Waals surface area contributed by atoms with Crippen molar-refractivity contribution in [2.24, 2.45) is 5.41 Å². The summed E-state index contributed by atoms with van der Waals surface area (Å²) >= 11 is 0. The third-order valence-corrected chi connectivity index (χ3v) is 2.52. The van der Waals surface area contributed by atoms with Crippen molar-refractivity contribution in [3.63, 3.8) is 0 Å². The van der Waals surface area contributed by atoms with Crippen LogP contribution in [0.15, 0.2) is 0 Å². The van der Waals surface area contributed by atoms with Gasteiger partial charge < -0.3 is 10.2 Å². The molecule has 82 valence electrons. The Morgan fingerprint density at radius 2 is 2.07 bits per heavy atom. The zero-order valence-electron chi connectivity index (χ0n) is 9.76. The van der Waals surface area contributed by atoms with Gasteiger partial charge in [-0.3, -0.25) is 4.79 Å². The van der Waals surface area contributed by atoms with Crippen LogP contribution in [-0.4, -0.2) is 36.5 Å². The first kappa shape index (κ1) is 11.5. The van der Waals surface area contributed by atoms with Gasteiger partial charge in [0.1, 0.15) is 0 Å². The van der Waals surface area contributed by atoms with E-state index in [9.17, 15) is 4.79 Å². The van der Waals surface area contributed by atoms with Crippen LogP contribution in [0.1, 0.15) is 34.1 Å². The molecule has 3 heteroatoms. The Bertz CT molecular complexity index is 208. The summed E-state index contributed by atoms with van der Waals surface area (Å²) in [4.78, 5) is 14.0. The lowest BCUT2D eigenvalue weighted by atomic mass is 9.94. The average Bonchev–Trinajstić information content (AvgIpc) is 2.26. The van der Waals surface area contributed by atoms with Gasteiger partial charge in [0.15, 0.2) is 0 Å². The first-order valence-corrected chi connectivity index (χ1v) is 5.44. The monoisotopic (exact) mass is 198 g/mol. The summed E-state index contributed by atoms with van der Waals surface area (Å²) in [7, 11) is 0. The quantitative estimate of drug-likeness (QED) is 0.635. The molecule has 0 aromatic rings. The lowest BCUT2D eigenvalue weighted by Crippen LogP contribution is -2.43. The number of carbonyl (C=O) groups is 1. The largest absolute Gasteiger partial charge is 0.341 e. The highest BCUT2D eigenvalue weighted by Gasteiger charge is 2.28. The summed E-state index contributed by atoms with van der Waals surface area (Å²) in [6.45, 7) is 10.8. The fourth-order valence-electron chi connectivity index (χ4n) is 1.76. The van der Waals surface area contributed by atoms with Gasteiger partial charge in [-0.2, -0.15) is 0 Å². The topological polar surface area (TPSA) is 32.3 Å². The molecule has 0 spiro atoms. The zero-order chi connectivity index (χ0) is 10.8. The minimum atomic E-state index is -0.246. The standard InChI is InChI=1S/C11H22N2O/c1-9-8-13(7-5-6-12-9)10(14)11(2,3)4/h9,12H,5-8H2,1-4H3. The molecule has 1 unspecified atom stereocenters. The molecule has 1 aliphatic rings. The van der Waals surface area contributed by atoms with E-state index in [4.69, 9.17) is 0 Å². The van der Waals surface area contributed by atoms with E-state index < -0.39 is 0 Å². The van der Waals surface area contributed by atoms with Gasteiger partial charge in [0.05, 0.1) is 0 Å². The van der Waals surface area contributed by atoms with Crippen molar-refractivity contribution in [3.05, 3.63) is 0 Å². The molecule has 0 aromatic carbocycles. The first-order valence-electron chi connectivity index (χ1n) is 5.44. The van der Waals surface area contributed by atoms with Crippen LogP contribution < -0.4 is 5.32 Å². The summed E-state index contributed by atoms with van der Waals surface area (Å²) in [6.07, 6.45) is 1.06. The Morgan fingerprint density at radius 1 is 1.43 bits per heavy atom. The summed E-state index contributed by atoms with van der Waals surface area (Å²) in [5.41, 5.74) is -0.246. The lowest BCUT2D eigenvalue weighted by Gasteiger charge is -2.29. The molecule has 14 heavy (non-hydrogen) atoms. The number of hydrogen-bond acceptors (Lipinski definition) is 2. The van der Waals surface area contributed by atoms with Gasteiger partial charge in [0, 0.05) is 24.5 Å². The van der Waals surface area contributed by atoms with E-state index in [0.717, 1.165) is 26.1 Å². The highest BCUT2D eigenvalue weighted by Crippen LogP contribution is 2.18. The first-order chi connectivity index (χ1) is 6.41. The van der Waals surface area contributed by atoms with Crippen molar-refractivity contribution in [1.82, 2.24) is 10.2 Å². The molecule has 1 N–H and O–H groups in total. The predicted molar refractivity (Wildman–Crippen MR) is 58.1 cm³/mol. The minimum Gasteiger partial charge on any atom is -0.341 e. The third kappa shape index (κ3) is 2.98. The molecule has 1 heterocycles. The molecule has 3 nitrogen and oxygen atoms in total. The normalized spacial score (nSPS) is 24.6. The van der Waals surface area contributed by atoms with Gasteiger partial charge >= 0.3 is 0 Å². The molecule has 1 saturated heterocycles. The molecule has 0 aromatic heterocycles. The van der Waals surface area contributed by atoms with Crippen molar-refractivity contribution < 1.29 is 4.79 Å². The van der Waals surface area contributed by atoms with E-state index in [2.05, 4.69) is 12.2 Å². The minimum absolute atomic E-state index is 0.246. The number of nitrogens with zero attached hydrogens (tertiary/aromatic N) is 1. The van der Waals surface area contributed by atoms with Crippen LogP contribution in [-0.2, 0) is 4.79 Å². The number of nitrogens with one attached hydrogen (secondary N) is 1. The average molecular weight is 198 g/mol. The van der Waals surface area contributed by atoms with Crippen molar-refractivity contribution in [1.29, 1.82) is 0 Å². The maximum Gasteiger partial charge on any atom is 0.228 e. The molecule has 0 saturated carbocycles. The van der Waals surface area contributed by atoms with Crippen LogP contribution in [0.5, 0.6) is 0 Å². The van der Waals surface area contributed by atoms with Gasteiger partial charge in [-0.05, 0) is 19.9 Å². The molecular weight excluding hydrogens is 176 g/mol. The fraction of sp³-hybridized carbons (Fsp3) is 0.909. The van der Waals surface area contributed by atoms with E-state index in [-0.39, 0.29) is 11.3 Å². The molecule has 0 radical (unpaired) electrons. The van der Waals surface area contributed by atoms with Crippen molar-refractivity contribution in [3.8, 4) is 0 Å². The highest BCUT2D eigenvalue weighted by atomic mass is 16.2. The second-order valence-electron chi connectivity index (χ2n) is 5.21. The van der Waals surface area contributed by atoms with Gasteiger partial charge in [0.25, 0.3) is 0 Å². The van der Waals surface area contributed by atoms with Crippen molar-refractivity contribution in [2.45, 2.75) is 40.2 Å². The van der Waals surface area contributed by atoms with Crippen molar-refractivity contribution >= 4 is 5.91 Å². The van der Waals surface area contributed by atoms with Crippen LogP contribution in [0.25, 0.3) is 0 Å². The molecule has 1 amide bonds. The van der Waals surface area contributed by atoms with Crippen LogP contribution in [0.3, 0.4) is 0 Å². The van der Waals surface area contributed by atoms with E-state index in [1.54, 1.807) is 0 Å². The molecule has 1 rings (SSSR count). The molecule has 1 fully saturated rings. The number of amides is 1. The molecule has 0 aliphatic carbocycles. The Hall–Kier alpha value is -0.570.